The third-order valence-electron chi connectivity index (χ3n) is 3.83. The predicted octanol–water partition coefficient (Wildman–Crippen LogP) is 4.59. The van der Waals surface area contributed by atoms with Crippen molar-refractivity contribution in [2.45, 2.75) is 21.7 Å². The molecule has 2 aromatic carbocycles. The molecule has 3 aromatic rings. The molecule has 0 bridgehead atoms. The summed E-state index contributed by atoms with van der Waals surface area (Å²) >= 11 is 6.62. The molecule has 13 heteroatoms. The van der Waals surface area contributed by atoms with Gasteiger partial charge >= 0.3 is 6.18 Å². The van der Waals surface area contributed by atoms with Crippen LogP contribution in [0.15, 0.2) is 64.5 Å². The molecule has 0 amide bonds. The summed E-state index contributed by atoms with van der Waals surface area (Å²) in [6, 6.07) is 8.22. The van der Waals surface area contributed by atoms with Crippen LogP contribution in [0.25, 0.3) is 0 Å². The highest BCUT2D eigenvalue weighted by atomic mass is 35.5. The Balaban J connectivity index is 1.77. The monoisotopic (exact) mass is 496 g/mol. The number of benzene rings is 2. The Morgan fingerprint density at radius 2 is 1.50 bits per heavy atom. The SMILES string of the molecule is O=S(=O)(Cc1ccc(C(F)(F)F)cc1)c1ccc(S(=O)(=O)Nc2ncc(Cl)s2)cc1. The number of hydrogen-bond donors (Lipinski definition) is 1. The van der Waals surface area contributed by atoms with E-state index in [2.05, 4.69) is 9.71 Å². The van der Waals surface area contributed by atoms with Crippen molar-refractivity contribution in [2.24, 2.45) is 0 Å². The fraction of sp³-hybridized carbons (Fsp3) is 0.118. The summed E-state index contributed by atoms with van der Waals surface area (Å²) < 4.78 is 90.1. The van der Waals surface area contributed by atoms with Gasteiger partial charge in [0.05, 0.1) is 27.3 Å². The summed E-state index contributed by atoms with van der Waals surface area (Å²) in [5, 5.41) is 0.0546. The maximum absolute atomic E-state index is 12.6. The first-order valence-electron chi connectivity index (χ1n) is 8.00. The molecule has 0 saturated carbocycles. The summed E-state index contributed by atoms with van der Waals surface area (Å²) in [7, 11) is -7.91. The summed E-state index contributed by atoms with van der Waals surface area (Å²) in [6.07, 6.45) is -3.24. The van der Waals surface area contributed by atoms with E-state index in [4.69, 9.17) is 11.6 Å². The van der Waals surface area contributed by atoms with E-state index < -0.39 is 37.4 Å². The van der Waals surface area contributed by atoms with Crippen molar-refractivity contribution in [3.8, 4) is 0 Å². The van der Waals surface area contributed by atoms with E-state index in [1.165, 1.54) is 6.20 Å². The van der Waals surface area contributed by atoms with E-state index in [1.54, 1.807) is 0 Å². The van der Waals surface area contributed by atoms with Crippen molar-refractivity contribution in [3.05, 3.63) is 70.2 Å². The maximum atomic E-state index is 12.6. The molecule has 0 saturated heterocycles. The van der Waals surface area contributed by atoms with Crippen molar-refractivity contribution >= 4 is 47.9 Å². The second-order valence-corrected chi connectivity index (χ2v) is 11.3. The van der Waals surface area contributed by atoms with Gasteiger partial charge in [0.25, 0.3) is 10.0 Å². The number of nitrogens with zero attached hydrogens (tertiary/aromatic N) is 1. The standard InChI is InChI=1S/C17H12ClF3N2O4S3/c18-15-9-22-16(28-15)23-30(26,27)14-7-5-13(6-8-14)29(24,25)10-11-1-3-12(4-2-11)17(19,20)21/h1-9H,10H2,(H,22,23). The van der Waals surface area contributed by atoms with E-state index >= 15 is 0 Å². The number of anilines is 1. The minimum atomic E-state index is -4.52. The fourth-order valence-corrected chi connectivity index (χ4v) is 5.80. The van der Waals surface area contributed by atoms with Gasteiger partial charge in [0.1, 0.15) is 4.34 Å². The quantitative estimate of drug-likeness (QED) is 0.538. The topological polar surface area (TPSA) is 93.2 Å². The molecule has 30 heavy (non-hydrogen) atoms. The minimum Gasteiger partial charge on any atom is -0.255 e. The summed E-state index contributed by atoms with van der Waals surface area (Å²) in [5.74, 6) is -0.535. The highest BCUT2D eigenvalue weighted by molar-refractivity contribution is 7.93. The molecule has 1 heterocycles. The van der Waals surface area contributed by atoms with Crippen molar-refractivity contribution in [1.82, 2.24) is 4.98 Å². The first-order chi connectivity index (χ1) is 13.9. The average Bonchev–Trinajstić information content (AvgIpc) is 3.05. The number of alkyl halides is 3. The van der Waals surface area contributed by atoms with Crippen LogP contribution in [0.3, 0.4) is 0 Å². The third kappa shape index (κ3) is 5.31. The summed E-state index contributed by atoms with van der Waals surface area (Å²) in [4.78, 5) is 3.42. The lowest BCUT2D eigenvalue weighted by Gasteiger charge is -2.09. The van der Waals surface area contributed by atoms with Crippen LogP contribution >= 0.6 is 22.9 Å². The molecule has 0 spiro atoms. The molecule has 0 aliphatic heterocycles. The van der Waals surface area contributed by atoms with Crippen molar-refractivity contribution in [3.63, 3.8) is 0 Å². The van der Waals surface area contributed by atoms with Gasteiger partial charge in [-0.05, 0) is 42.0 Å². The van der Waals surface area contributed by atoms with Gasteiger partial charge in [-0.1, -0.05) is 35.1 Å². The number of nitrogens with one attached hydrogen (secondary N) is 1. The molecule has 0 fully saturated rings. The molecule has 160 valence electrons. The van der Waals surface area contributed by atoms with Gasteiger partial charge in [-0.15, -0.1) is 0 Å². The maximum Gasteiger partial charge on any atom is 0.416 e. The van der Waals surface area contributed by atoms with Crippen LogP contribution in [0, 0.1) is 0 Å². The van der Waals surface area contributed by atoms with Crippen LogP contribution in [0.1, 0.15) is 11.1 Å². The van der Waals surface area contributed by atoms with Crippen LogP contribution in [0.2, 0.25) is 4.34 Å². The van der Waals surface area contributed by atoms with Gasteiger partial charge in [0, 0.05) is 0 Å². The Kier molecular flexibility index (Phi) is 6.14. The number of halogens is 4. The smallest absolute Gasteiger partial charge is 0.255 e. The normalized spacial score (nSPS) is 12.7. The first-order valence-corrected chi connectivity index (χ1v) is 12.3. The number of hydrogen-bond acceptors (Lipinski definition) is 6. The Hall–Kier alpha value is -2.15. The molecular weight excluding hydrogens is 485 g/mol. The van der Waals surface area contributed by atoms with Crippen LogP contribution in [0.4, 0.5) is 18.3 Å². The first kappa shape index (κ1) is 22.5. The number of sulfone groups is 1. The van der Waals surface area contributed by atoms with Crippen LogP contribution < -0.4 is 4.72 Å². The van der Waals surface area contributed by atoms with Gasteiger partial charge in [0.15, 0.2) is 15.0 Å². The lowest BCUT2D eigenvalue weighted by atomic mass is 10.1. The third-order valence-corrected chi connectivity index (χ3v) is 8.05. The molecule has 1 N–H and O–H groups in total. The van der Waals surface area contributed by atoms with Gasteiger partial charge in [-0.25, -0.2) is 21.8 Å². The Morgan fingerprint density at radius 3 is 2.00 bits per heavy atom. The summed E-state index contributed by atoms with van der Waals surface area (Å²) in [6.45, 7) is 0. The zero-order valence-electron chi connectivity index (χ0n) is 14.7. The molecule has 1 aromatic heterocycles. The molecule has 0 aliphatic carbocycles. The Morgan fingerprint density at radius 1 is 0.933 bits per heavy atom. The largest absolute Gasteiger partial charge is 0.416 e. The average molecular weight is 497 g/mol. The zero-order valence-corrected chi connectivity index (χ0v) is 17.9. The highest BCUT2D eigenvalue weighted by Crippen LogP contribution is 2.30. The van der Waals surface area contributed by atoms with E-state index in [1.807, 2.05) is 0 Å². The molecule has 3 rings (SSSR count). The number of sulfonamides is 1. The number of rotatable bonds is 6. The van der Waals surface area contributed by atoms with E-state index in [-0.39, 0.29) is 24.8 Å². The Bertz CT molecular complexity index is 1250. The van der Waals surface area contributed by atoms with Crippen LogP contribution in [-0.2, 0) is 31.8 Å². The van der Waals surface area contributed by atoms with Crippen molar-refractivity contribution < 1.29 is 30.0 Å². The zero-order chi connectivity index (χ0) is 22.2. The fourth-order valence-electron chi connectivity index (χ4n) is 2.39. The second kappa shape index (κ2) is 8.17. The molecule has 0 radical (unpaired) electrons. The predicted molar refractivity (Wildman–Crippen MR) is 107 cm³/mol. The lowest BCUT2D eigenvalue weighted by molar-refractivity contribution is -0.137. The van der Waals surface area contributed by atoms with Gasteiger partial charge < -0.3 is 0 Å². The van der Waals surface area contributed by atoms with E-state index in [0.29, 0.717) is 0 Å². The summed E-state index contributed by atoms with van der Waals surface area (Å²) in [5.41, 5.74) is -0.714. The van der Waals surface area contributed by atoms with Gasteiger partial charge in [-0.2, -0.15) is 13.2 Å². The minimum absolute atomic E-state index is 0.0546. The van der Waals surface area contributed by atoms with Crippen LogP contribution in [-0.4, -0.2) is 21.8 Å². The molecule has 0 unspecified atom stereocenters. The molecular formula is C17H12ClF3N2O4S3. The van der Waals surface area contributed by atoms with Crippen LogP contribution in [0.5, 0.6) is 0 Å². The highest BCUT2D eigenvalue weighted by Gasteiger charge is 2.30. The Labute approximate surface area is 179 Å². The van der Waals surface area contributed by atoms with E-state index in [0.717, 1.165) is 59.9 Å². The number of aromatic nitrogens is 1. The molecule has 6 nitrogen and oxygen atoms in total. The second-order valence-electron chi connectivity index (χ2n) is 6.00. The van der Waals surface area contributed by atoms with Crippen molar-refractivity contribution in [1.29, 1.82) is 0 Å². The number of thiazole rings is 1. The van der Waals surface area contributed by atoms with Crippen molar-refractivity contribution in [2.75, 3.05) is 4.72 Å². The van der Waals surface area contributed by atoms with E-state index in [9.17, 15) is 30.0 Å². The molecule has 0 aliphatic rings. The van der Waals surface area contributed by atoms with Gasteiger partial charge in [-0.3, -0.25) is 4.72 Å². The van der Waals surface area contributed by atoms with Gasteiger partial charge in [0.2, 0.25) is 0 Å². The molecule has 0 atom stereocenters. The lowest BCUT2D eigenvalue weighted by Crippen LogP contribution is -2.13.